The van der Waals surface area contributed by atoms with Gasteiger partial charge in [0.2, 0.25) is 0 Å². The summed E-state index contributed by atoms with van der Waals surface area (Å²) in [5.74, 6) is -0.122. The molecule has 0 saturated carbocycles. The van der Waals surface area contributed by atoms with Gasteiger partial charge in [-0.1, -0.05) is 6.92 Å². The lowest BCUT2D eigenvalue weighted by Gasteiger charge is -2.11. The molecule has 0 amide bonds. The van der Waals surface area contributed by atoms with Crippen molar-refractivity contribution < 1.29 is 8.78 Å². The number of rotatable bonds is 5. The predicted octanol–water partition coefficient (Wildman–Crippen LogP) is 2.08. The molecule has 0 spiro atoms. The molecule has 0 aliphatic carbocycles. The Balaban J connectivity index is 2.43. The third-order valence-corrected chi connectivity index (χ3v) is 2.46. The quantitative estimate of drug-likeness (QED) is 0.624. The van der Waals surface area contributed by atoms with Gasteiger partial charge in [0.1, 0.15) is 11.6 Å². The Bertz CT molecular complexity index is 405. The van der Waals surface area contributed by atoms with Crippen molar-refractivity contribution in [2.45, 2.75) is 19.8 Å². The molecule has 2 N–H and O–H groups in total. The molecule has 18 heavy (non-hydrogen) atoms. The van der Waals surface area contributed by atoms with Gasteiger partial charge in [0.25, 0.3) is 0 Å². The number of nitrogens with zero attached hydrogens (tertiary/aromatic N) is 1. The highest BCUT2D eigenvalue weighted by atomic mass is 19.1. The minimum atomic E-state index is -0.417. The summed E-state index contributed by atoms with van der Waals surface area (Å²) in [6, 6.07) is 3.49. The number of nitrogens with one attached hydrogen (secondary N) is 2. The average molecular weight is 255 g/mol. The van der Waals surface area contributed by atoms with E-state index in [1.54, 1.807) is 7.05 Å². The van der Waals surface area contributed by atoms with Gasteiger partial charge >= 0.3 is 0 Å². The van der Waals surface area contributed by atoms with E-state index in [-0.39, 0.29) is 5.82 Å². The second kappa shape index (κ2) is 7.63. The van der Waals surface area contributed by atoms with Gasteiger partial charge in [-0.2, -0.15) is 0 Å². The molecule has 0 atom stereocenters. The van der Waals surface area contributed by atoms with Gasteiger partial charge in [0.05, 0.1) is 0 Å². The monoisotopic (exact) mass is 255 g/mol. The van der Waals surface area contributed by atoms with Crippen molar-refractivity contribution in [2.24, 2.45) is 4.99 Å². The highest BCUT2D eigenvalue weighted by molar-refractivity contribution is 5.79. The van der Waals surface area contributed by atoms with Gasteiger partial charge < -0.3 is 10.6 Å². The van der Waals surface area contributed by atoms with Crippen LogP contribution in [0.25, 0.3) is 0 Å². The second-order valence-electron chi connectivity index (χ2n) is 3.91. The van der Waals surface area contributed by atoms with Gasteiger partial charge in [-0.25, -0.2) is 8.78 Å². The Kier molecular flexibility index (Phi) is 6.11. The molecule has 100 valence electrons. The summed E-state index contributed by atoms with van der Waals surface area (Å²) >= 11 is 0. The summed E-state index contributed by atoms with van der Waals surface area (Å²) in [5, 5.41) is 6.15. The number of hydrogen-bond donors (Lipinski definition) is 2. The topological polar surface area (TPSA) is 36.4 Å². The zero-order chi connectivity index (χ0) is 13.4. The first-order chi connectivity index (χ1) is 8.67. The highest BCUT2D eigenvalue weighted by Gasteiger charge is 2.04. The minimum absolute atomic E-state index is 0.369. The van der Waals surface area contributed by atoms with E-state index < -0.39 is 5.82 Å². The molecule has 1 aromatic carbocycles. The first-order valence-corrected chi connectivity index (χ1v) is 6.05. The number of benzene rings is 1. The summed E-state index contributed by atoms with van der Waals surface area (Å²) in [4.78, 5) is 4.02. The van der Waals surface area contributed by atoms with Crippen LogP contribution in [0.15, 0.2) is 23.2 Å². The smallest absolute Gasteiger partial charge is 0.190 e. The van der Waals surface area contributed by atoms with E-state index in [0.29, 0.717) is 24.5 Å². The van der Waals surface area contributed by atoms with Crippen molar-refractivity contribution in [1.82, 2.24) is 10.6 Å². The molecule has 0 heterocycles. The first kappa shape index (κ1) is 14.4. The number of halogens is 2. The van der Waals surface area contributed by atoms with Gasteiger partial charge in [-0.05, 0) is 36.6 Å². The molecule has 0 unspecified atom stereocenters. The van der Waals surface area contributed by atoms with Crippen molar-refractivity contribution in [1.29, 1.82) is 0 Å². The second-order valence-corrected chi connectivity index (χ2v) is 3.91. The van der Waals surface area contributed by atoms with E-state index in [0.717, 1.165) is 25.1 Å². The molecule has 3 nitrogen and oxygen atoms in total. The van der Waals surface area contributed by atoms with Crippen molar-refractivity contribution in [3.63, 3.8) is 0 Å². The minimum Gasteiger partial charge on any atom is -0.356 e. The summed E-state index contributed by atoms with van der Waals surface area (Å²) in [6.45, 7) is 3.39. The molecule has 0 radical (unpaired) electrons. The van der Waals surface area contributed by atoms with E-state index >= 15 is 0 Å². The Morgan fingerprint density at radius 2 is 1.94 bits per heavy atom. The Morgan fingerprint density at radius 1 is 1.22 bits per heavy atom. The number of guanidine groups is 1. The van der Waals surface area contributed by atoms with E-state index in [1.807, 2.05) is 0 Å². The van der Waals surface area contributed by atoms with E-state index in [4.69, 9.17) is 0 Å². The van der Waals surface area contributed by atoms with Crippen molar-refractivity contribution in [3.05, 3.63) is 35.4 Å². The number of aliphatic imine (C=N–C) groups is 1. The number of hydrogen-bond acceptors (Lipinski definition) is 1. The zero-order valence-corrected chi connectivity index (χ0v) is 10.8. The molecule has 0 fully saturated rings. The molecule has 0 aromatic heterocycles. The van der Waals surface area contributed by atoms with Crippen LogP contribution in [0.4, 0.5) is 8.78 Å². The van der Waals surface area contributed by atoms with Crippen LogP contribution < -0.4 is 10.6 Å². The van der Waals surface area contributed by atoms with E-state index in [1.165, 1.54) is 6.07 Å². The molecule has 0 bridgehead atoms. The first-order valence-electron chi connectivity index (χ1n) is 6.05. The van der Waals surface area contributed by atoms with E-state index in [9.17, 15) is 8.78 Å². The third-order valence-electron chi connectivity index (χ3n) is 2.46. The zero-order valence-electron chi connectivity index (χ0n) is 10.8. The average Bonchev–Trinajstić information content (AvgIpc) is 2.37. The maximum Gasteiger partial charge on any atom is 0.190 e. The fourth-order valence-corrected chi connectivity index (χ4v) is 1.51. The predicted molar refractivity (Wildman–Crippen MR) is 69.7 cm³/mol. The molecule has 0 saturated heterocycles. The van der Waals surface area contributed by atoms with Crippen LogP contribution in [0, 0.1) is 11.6 Å². The van der Waals surface area contributed by atoms with Crippen LogP contribution in [-0.2, 0) is 6.42 Å². The van der Waals surface area contributed by atoms with Crippen LogP contribution in [0.1, 0.15) is 18.9 Å². The van der Waals surface area contributed by atoms with Crippen LogP contribution in [0.5, 0.6) is 0 Å². The molecular formula is C13H19F2N3. The summed E-state index contributed by atoms with van der Waals surface area (Å²) in [7, 11) is 1.67. The molecule has 1 aromatic rings. The maximum atomic E-state index is 13.3. The van der Waals surface area contributed by atoms with Crippen LogP contribution in [0.3, 0.4) is 0 Å². The fourth-order valence-electron chi connectivity index (χ4n) is 1.51. The van der Waals surface area contributed by atoms with Gasteiger partial charge in [-0.15, -0.1) is 0 Å². The molecule has 1 rings (SSSR count). The lowest BCUT2D eigenvalue weighted by Crippen LogP contribution is -2.38. The fraction of sp³-hybridized carbons (Fsp3) is 0.462. The highest BCUT2D eigenvalue weighted by Crippen LogP contribution is 2.09. The van der Waals surface area contributed by atoms with Crippen LogP contribution >= 0.6 is 0 Å². The Hall–Kier alpha value is -1.65. The van der Waals surface area contributed by atoms with Crippen molar-refractivity contribution >= 4 is 5.96 Å². The van der Waals surface area contributed by atoms with Gasteiger partial charge in [0, 0.05) is 20.1 Å². The molecule has 0 aliphatic heterocycles. The standard InChI is InChI=1S/C13H19F2N3/c1-3-7-17-13(16-2)18-8-6-10-9-11(14)4-5-12(10)15/h4-5,9H,3,6-8H2,1-2H3,(H2,16,17,18). The summed E-state index contributed by atoms with van der Waals surface area (Å²) in [5.41, 5.74) is 0.369. The lowest BCUT2D eigenvalue weighted by atomic mass is 10.1. The Labute approximate surface area is 106 Å². The molecule has 0 aliphatic rings. The maximum absolute atomic E-state index is 13.3. The Morgan fingerprint density at radius 3 is 2.61 bits per heavy atom. The van der Waals surface area contributed by atoms with Crippen molar-refractivity contribution in [2.75, 3.05) is 20.1 Å². The van der Waals surface area contributed by atoms with Gasteiger partial charge in [-0.3, -0.25) is 4.99 Å². The summed E-state index contributed by atoms with van der Waals surface area (Å²) in [6.07, 6.45) is 1.41. The molecule has 5 heteroatoms. The van der Waals surface area contributed by atoms with Gasteiger partial charge in [0.15, 0.2) is 5.96 Å². The summed E-state index contributed by atoms with van der Waals surface area (Å²) < 4.78 is 26.3. The van der Waals surface area contributed by atoms with Crippen molar-refractivity contribution in [3.8, 4) is 0 Å². The third kappa shape index (κ3) is 4.69. The largest absolute Gasteiger partial charge is 0.356 e. The van der Waals surface area contributed by atoms with E-state index in [2.05, 4.69) is 22.5 Å². The van der Waals surface area contributed by atoms with Crippen LogP contribution in [0.2, 0.25) is 0 Å². The SMILES string of the molecule is CCCNC(=NC)NCCc1cc(F)ccc1F. The van der Waals surface area contributed by atoms with Crippen LogP contribution in [-0.4, -0.2) is 26.1 Å². The normalized spacial score (nSPS) is 11.4. The lowest BCUT2D eigenvalue weighted by molar-refractivity contribution is 0.583. The molecular weight excluding hydrogens is 236 g/mol.